The van der Waals surface area contributed by atoms with Gasteiger partial charge < -0.3 is 0 Å². The number of alkyl halides is 1. The molecule has 1 heteroatoms. The summed E-state index contributed by atoms with van der Waals surface area (Å²) in [6.45, 7) is 0. The van der Waals surface area contributed by atoms with Gasteiger partial charge in [0.15, 0.2) is 0 Å². The quantitative estimate of drug-likeness (QED) is 0.401. The molecule has 0 saturated heterocycles. The molecule has 2 fully saturated rings. The molecular formula is C4H4F. The zero-order valence-electron chi connectivity index (χ0n) is 2.79. The molecule has 0 heterocycles. The first kappa shape index (κ1) is 2.17. The van der Waals surface area contributed by atoms with E-state index in [4.69, 9.17) is 0 Å². The van der Waals surface area contributed by atoms with Crippen molar-refractivity contribution in [1.82, 2.24) is 0 Å². The van der Waals surface area contributed by atoms with Gasteiger partial charge in [-0.05, 0) is 12.8 Å². The Kier molecular flexibility index (Phi) is 0.122. The molecule has 0 aromatic rings. The van der Waals surface area contributed by atoms with Gasteiger partial charge in [0.2, 0.25) is 0 Å². The maximum absolute atomic E-state index is 11.8. The van der Waals surface area contributed by atoms with Crippen LogP contribution in [-0.4, -0.2) is 5.67 Å². The average molecular weight is 71.1 g/mol. The first-order chi connectivity index (χ1) is 2.31. The van der Waals surface area contributed by atoms with Gasteiger partial charge in [-0.2, -0.15) is 0 Å². The Hall–Kier alpha value is -0.0700. The van der Waals surface area contributed by atoms with Crippen LogP contribution in [0.3, 0.4) is 0 Å². The van der Waals surface area contributed by atoms with Crippen molar-refractivity contribution < 1.29 is 4.39 Å². The van der Waals surface area contributed by atoms with Crippen LogP contribution >= 0.6 is 0 Å². The summed E-state index contributed by atoms with van der Waals surface area (Å²) in [6.07, 6.45) is 1.60. The van der Waals surface area contributed by atoms with Crippen molar-refractivity contribution in [2.45, 2.75) is 18.5 Å². The number of rotatable bonds is 0. The number of halogens is 1. The summed E-state index contributed by atoms with van der Waals surface area (Å²) in [5.41, 5.74) is -0.667. The highest BCUT2D eigenvalue weighted by Crippen LogP contribution is 2.72. The van der Waals surface area contributed by atoms with E-state index >= 15 is 0 Å². The van der Waals surface area contributed by atoms with Crippen molar-refractivity contribution in [2.75, 3.05) is 0 Å². The fourth-order valence-corrected chi connectivity index (χ4v) is 0.536. The average Bonchev–Trinajstić information content (AvgIpc) is 1.74. The van der Waals surface area contributed by atoms with Crippen LogP contribution in [-0.2, 0) is 0 Å². The van der Waals surface area contributed by atoms with Crippen molar-refractivity contribution in [3.63, 3.8) is 0 Å². The summed E-state index contributed by atoms with van der Waals surface area (Å²) in [5, 5.41) is 0. The summed E-state index contributed by atoms with van der Waals surface area (Å²) in [5.74, 6) is 1.15. The van der Waals surface area contributed by atoms with E-state index in [9.17, 15) is 4.39 Å². The summed E-state index contributed by atoms with van der Waals surface area (Å²) in [4.78, 5) is 0. The lowest BCUT2D eigenvalue weighted by Gasteiger charge is -1.74. The van der Waals surface area contributed by atoms with Crippen molar-refractivity contribution in [3.05, 3.63) is 5.92 Å². The molecule has 0 aromatic heterocycles. The monoisotopic (exact) mass is 71.0 g/mol. The highest BCUT2D eigenvalue weighted by Gasteiger charge is 2.72. The van der Waals surface area contributed by atoms with Crippen LogP contribution in [0, 0.1) is 5.92 Å². The molecule has 0 aromatic carbocycles. The predicted octanol–water partition coefficient (Wildman–Crippen LogP) is 1.08. The summed E-state index contributed by atoms with van der Waals surface area (Å²) >= 11 is 0. The Labute approximate surface area is 30.0 Å². The maximum atomic E-state index is 11.8. The van der Waals surface area contributed by atoms with E-state index in [0.29, 0.717) is 0 Å². The Morgan fingerprint density at radius 2 is 1.80 bits per heavy atom. The molecule has 27 valence electrons. The summed E-state index contributed by atoms with van der Waals surface area (Å²) < 4.78 is 11.8. The smallest absolute Gasteiger partial charge is 0.118 e. The van der Waals surface area contributed by atoms with Crippen molar-refractivity contribution in [3.8, 4) is 0 Å². The van der Waals surface area contributed by atoms with Gasteiger partial charge >= 0.3 is 0 Å². The Morgan fingerprint density at radius 1 is 1.60 bits per heavy atom. The van der Waals surface area contributed by atoms with Gasteiger partial charge in [0, 0.05) is 5.92 Å². The first-order valence-electron chi connectivity index (χ1n) is 1.85. The van der Waals surface area contributed by atoms with Gasteiger partial charge in [-0.3, -0.25) is 0 Å². The molecular weight excluding hydrogens is 67.0 g/mol. The molecule has 2 aliphatic rings. The lowest BCUT2D eigenvalue weighted by molar-refractivity contribution is 0.391. The molecule has 0 nitrogen and oxygen atoms in total. The van der Waals surface area contributed by atoms with E-state index in [1.54, 1.807) is 0 Å². The zero-order valence-corrected chi connectivity index (χ0v) is 2.79. The van der Waals surface area contributed by atoms with Crippen LogP contribution in [0.15, 0.2) is 0 Å². The minimum absolute atomic E-state index is 0.667. The van der Waals surface area contributed by atoms with Gasteiger partial charge in [-0.1, -0.05) is 0 Å². The number of hydrogen-bond donors (Lipinski definition) is 0. The third kappa shape index (κ3) is 0.103. The molecule has 0 bridgehead atoms. The van der Waals surface area contributed by atoms with Crippen molar-refractivity contribution >= 4 is 0 Å². The van der Waals surface area contributed by atoms with Crippen LogP contribution in [0.4, 0.5) is 4.39 Å². The topological polar surface area (TPSA) is 0 Å². The van der Waals surface area contributed by atoms with Crippen molar-refractivity contribution in [1.29, 1.82) is 0 Å². The van der Waals surface area contributed by atoms with Gasteiger partial charge in [0.05, 0.1) is 0 Å². The molecule has 5 heavy (non-hydrogen) atoms. The minimum Gasteiger partial charge on any atom is -0.243 e. The maximum Gasteiger partial charge on any atom is 0.118 e. The Morgan fingerprint density at radius 3 is 1.80 bits per heavy atom. The molecule has 0 amide bonds. The minimum atomic E-state index is -0.667. The van der Waals surface area contributed by atoms with E-state index in [-0.39, 0.29) is 0 Å². The SMILES string of the molecule is FC12C[C]1C2. The van der Waals surface area contributed by atoms with E-state index < -0.39 is 5.67 Å². The molecule has 0 aliphatic heterocycles. The molecule has 2 saturated carbocycles. The van der Waals surface area contributed by atoms with E-state index in [1.165, 1.54) is 0 Å². The van der Waals surface area contributed by atoms with Crippen molar-refractivity contribution in [2.24, 2.45) is 0 Å². The standard InChI is InChI=1S/C4H4F/c5-4-1-3(4)2-4/h1-2H2. The highest BCUT2D eigenvalue weighted by molar-refractivity contribution is 5.46. The fraction of sp³-hybridized carbons (Fsp3) is 0.750. The Bertz CT molecular complexity index is 71.7. The second-order valence-corrected chi connectivity index (χ2v) is 1.92. The van der Waals surface area contributed by atoms with E-state index in [2.05, 4.69) is 0 Å². The van der Waals surface area contributed by atoms with Gasteiger partial charge in [0.25, 0.3) is 0 Å². The van der Waals surface area contributed by atoms with Crippen LogP contribution in [0.5, 0.6) is 0 Å². The Balaban J connectivity index is 2.37. The lowest BCUT2D eigenvalue weighted by atomic mass is 10.4. The van der Waals surface area contributed by atoms with Gasteiger partial charge in [-0.15, -0.1) is 0 Å². The molecule has 2 rings (SSSR count). The molecule has 0 unspecified atom stereocenters. The molecule has 0 N–H and O–H groups in total. The third-order valence-corrected chi connectivity index (χ3v) is 1.37. The van der Waals surface area contributed by atoms with Crippen LogP contribution in [0.2, 0.25) is 0 Å². The predicted molar refractivity (Wildman–Crippen MR) is 16.3 cm³/mol. The third-order valence-electron chi connectivity index (χ3n) is 1.37. The molecule has 0 spiro atoms. The van der Waals surface area contributed by atoms with Gasteiger partial charge in [0.1, 0.15) is 5.67 Å². The second-order valence-electron chi connectivity index (χ2n) is 1.92. The first-order valence-corrected chi connectivity index (χ1v) is 1.85. The van der Waals surface area contributed by atoms with Crippen LogP contribution < -0.4 is 0 Å². The van der Waals surface area contributed by atoms with Gasteiger partial charge in [-0.25, -0.2) is 4.39 Å². The normalized spacial score (nSPS) is 40.2. The molecule has 2 aliphatic carbocycles. The highest BCUT2D eigenvalue weighted by atomic mass is 19.1. The largest absolute Gasteiger partial charge is 0.243 e. The zero-order chi connectivity index (χ0) is 3.49. The molecule has 1 radical (unpaired) electrons. The number of fused-ring (bicyclic) bond motifs is 1. The number of hydrogen-bond acceptors (Lipinski definition) is 0. The summed E-state index contributed by atoms with van der Waals surface area (Å²) in [7, 11) is 0. The summed E-state index contributed by atoms with van der Waals surface area (Å²) in [6, 6.07) is 0. The second kappa shape index (κ2) is 0.282. The van der Waals surface area contributed by atoms with E-state index in [1.807, 2.05) is 0 Å². The molecule has 0 atom stereocenters. The van der Waals surface area contributed by atoms with Crippen LogP contribution in [0.25, 0.3) is 0 Å². The van der Waals surface area contributed by atoms with Crippen LogP contribution in [0.1, 0.15) is 12.8 Å². The lowest BCUT2D eigenvalue weighted by Crippen LogP contribution is -1.74. The van der Waals surface area contributed by atoms with E-state index in [0.717, 1.165) is 18.8 Å². The fourth-order valence-electron chi connectivity index (χ4n) is 0.536.